The fourth-order valence-corrected chi connectivity index (χ4v) is 3.14. The molecule has 1 saturated heterocycles. The number of carboxylic acids is 1. The molecule has 1 aliphatic heterocycles. The van der Waals surface area contributed by atoms with Gasteiger partial charge in [-0.15, -0.1) is 0 Å². The largest absolute Gasteiger partial charge is 0.478 e. The fraction of sp³-hybridized carbons (Fsp3) is 0.562. The van der Waals surface area contributed by atoms with Crippen LogP contribution in [-0.2, 0) is 0 Å². The molecule has 0 spiro atoms. The summed E-state index contributed by atoms with van der Waals surface area (Å²) in [7, 11) is 0. The topological polar surface area (TPSA) is 70.5 Å². The first kappa shape index (κ1) is 15.5. The SMILES string of the molecule is CCCC1(C)CCCN(C(=O)c2cc(C(=O)O)ccn2)C1. The first-order valence-corrected chi connectivity index (χ1v) is 7.44. The highest BCUT2D eigenvalue weighted by Gasteiger charge is 2.33. The van der Waals surface area contributed by atoms with Crippen LogP contribution in [0.5, 0.6) is 0 Å². The molecule has 1 aromatic heterocycles. The van der Waals surface area contributed by atoms with Crippen molar-refractivity contribution < 1.29 is 14.7 Å². The van der Waals surface area contributed by atoms with Crippen LogP contribution in [0.4, 0.5) is 0 Å². The maximum atomic E-state index is 12.5. The van der Waals surface area contributed by atoms with Crippen LogP contribution < -0.4 is 0 Å². The second-order valence-electron chi connectivity index (χ2n) is 6.13. The van der Waals surface area contributed by atoms with Gasteiger partial charge < -0.3 is 10.0 Å². The molecule has 1 fully saturated rings. The minimum absolute atomic E-state index is 0.0988. The molecule has 1 unspecified atom stereocenters. The summed E-state index contributed by atoms with van der Waals surface area (Å²) >= 11 is 0. The van der Waals surface area contributed by atoms with Gasteiger partial charge in [0.2, 0.25) is 0 Å². The highest BCUT2D eigenvalue weighted by molar-refractivity contribution is 5.95. The smallest absolute Gasteiger partial charge is 0.335 e. The van der Waals surface area contributed by atoms with Crippen LogP contribution in [0.2, 0.25) is 0 Å². The van der Waals surface area contributed by atoms with Gasteiger partial charge in [-0.1, -0.05) is 20.3 Å². The van der Waals surface area contributed by atoms with Crippen LogP contribution in [0.1, 0.15) is 60.4 Å². The van der Waals surface area contributed by atoms with Gasteiger partial charge in [0.1, 0.15) is 5.69 Å². The Balaban J connectivity index is 2.16. The van der Waals surface area contributed by atoms with E-state index in [1.807, 2.05) is 4.90 Å². The maximum Gasteiger partial charge on any atom is 0.335 e. The highest BCUT2D eigenvalue weighted by atomic mass is 16.4. The van der Waals surface area contributed by atoms with Crippen molar-refractivity contribution in [2.75, 3.05) is 13.1 Å². The van der Waals surface area contributed by atoms with Crippen molar-refractivity contribution in [3.8, 4) is 0 Å². The molecule has 5 heteroatoms. The maximum absolute atomic E-state index is 12.5. The zero-order chi connectivity index (χ0) is 15.5. The van der Waals surface area contributed by atoms with E-state index in [0.29, 0.717) is 0 Å². The molecule has 2 rings (SSSR count). The van der Waals surface area contributed by atoms with Crippen molar-refractivity contribution in [3.05, 3.63) is 29.6 Å². The number of likely N-dealkylation sites (tertiary alicyclic amines) is 1. The van der Waals surface area contributed by atoms with Crippen molar-refractivity contribution >= 4 is 11.9 Å². The molecule has 1 atom stereocenters. The predicted molar refractivity (Wildman–Crippen MR) is 79.3 cm³/mol. The van der Waals surface area contributed by atoms with E-state index in [1.165, 1.54) is 18.3 Å². The van der Waals surface area contributed by atoms with Crippen LogP contribution >= 0.6 is 0 Å². The van der Waals surface area contributed by atoms with Crippen molar-refractivity contribution in [3.63, 3.8) is 0 Å². The molecule has 0 aromatic carbocycles. The third kappa shape index (κ3) is 3.60. The summed E-state index contributed by atoms with van der Waals surface area (Å²) in [4.78, 5) is 29.4. The van der Waals surface area contributed by atoms with Crippen molar-refractivity contribution in [1.82, 2.24) is 9.88 Å². The van der Waals surface area contributed by atoms with Gasteiger partial charge in [-0.2, -0.15) is 0 Å². The van der Waals surface area contributed by atoms with Crippen LogP contribution in [0.15, 0.2) is 18.3 Å². The molecule has 2 heterocycles. The normalized spacial score (nSPS) is 22.1. The zero-order valence-corrected chi connectivity index (χ0v) is 12.6. The lowest BCUT2D eigenvalue weighted by Gasteiger charge is -2.40. The average Bonchev–Trinajstić information content (AvgIpc) is 2.46. The van der Waals surface area contributed by atoms with Gasteiger partial charge in [-0.05, 0) is 36.8 Å². The van der Waals surface area contributed by atoms with Gasteiger partial charge in [0, 0.05) is 19.3 Å². The van der Waals surface area contributed by atoms with Crippen LogP contribution in [0.25, 0.3) is 0 Å². The first-order valence-electron chi connectivity index (χ1n) is 7.44. The Morgan fingerprint density at radius 1 is 1.48 bits per heavy atom. The van der Waals surface area contributed by atoms with E-state index in [0.717, 1.165) is 38.8 Å². The molecular weight excluding hydrogens is 268 g/mol. The Hall–Kier alpha value is -1.91. The van der Waals surface area contributed by atoms with Crippen molar-refractivity contribution in [1.29, 1.82) is 0 Å². The molecule has 5 nitrogen and oxygen atoms in total. The summed E-state index contributed by atoms with van der Waals surface area (Å²) in [6.07, 6.45) is 5.70. The van der Waals surface area contributed by atoms with Gasteiger partial charge in [-0.3, -0.25) is 9.78 Å². The molecule has 0 saturated carbocycles. The molecule has 1 amide bonds. The lowest BCUT2D eigenvalue weighted by atomic mass is 9.78. The second-order valence-corrected chi connectivity index (χ2v) is 6.13. The summed E-state index contributed by atoms with van der Waals surface area (Å²) in [5.74, 6) is -1.21. The highest BCUT2D eigenvalue weighted by Crippen LogP contribution is 2.34. The molecule has 1 N–H and O–H groups in total. The van der Waals surface area contributed by atoms with Gasteiger partial charge >= 0.3 is 5.97 Å². The molecule has 0 bridgehead atoms. The van der Waals surface area contributed by atoms with Gasteiger partial charge in [0.25, 0.3) is 5.91 Å². The quantitative estimate of drug-likeness (QED) is 0.925. The second kappa shape index (κ2) is 6.24. The molecule has 21 heavy (non-hydrogen) atoms. The number of rotatable bonds is 4. The molecule has 114 valence electrons. The summed E-state index contributed by atoms with van der Waals surface area (Å²) in [5.41, 5.74) is 0.477. The molecule has 1 aromatic rings. The number of hydrogen-bond donors (Lipinski definition) is 1. The number of aromatic carboxylic acids is 1. The molecular formula is C16H22N2O3. The Morgan fingerprint density at radius 3 is 2.90 bits per heavy atom. The number of carboxylic acid groups (broad SMARTS) is 1. The van der Waals surface area contributed by atoms with Crippen LogP contribution in [0, 0.1) is 5.41 Å². The monoisotopic (exact) mass is 290 g/mol. The number of carbonyl (C=O) groups excluding carboxylic acids is 1. The fourth-order valence-electron chi connectivity index (χ4n) is 3.14. The van der Waals surface area contributed by atoms with Crippen molar-refractivity contribution in [2.24, 2.45) is 5.41 Å². The minimum atomic E-state index is -1.04. The Kier molecular flexibility index (Phi) is 4.60. The summed E-state index contributed by atoms with van der Waals surface area (Å²) in [5, 5.41) is 9.00. The van der Waals surface area contributed by atoms with E-state index in [4.69, 9.17) is 5.11 Å². The first-order chi connectivity index (χ1) is 9.95. The summed E-state index contributed by atoms with van der Waals surface area (Å²) in [6.45, 7) is 5.82. The molecule has 0 radical (unpaired) electrons. The van der Waals surface area contributed by atoms with E-state index >= 15 is 0 Å². The van der Waals surface area contributed by atoms with E-state index in [-0.39, 0.29) is 22.6 Å². The van der Waals surface area contributed by atoms with Crippen LogP contribution in [0.3, 0.4) is 0 Å². The summed E-state index contributed by atoms with van der Waals surface area (Å²) < 4.78 is 0. The average molecular weight is 290 g/mol. The van der Waals surface area contributed by atoms with Gasteiger partial charge in [0.15, 0.2) is 0 Å². The third-order valence-corrected chi connectivity index (χ3v) is 4.15. The lowest BCUT2D eigenvalue weighted by Crippen LogP contribution is -2.45. The number of amides is 1. The Labute approximate surface area is 125 Å². The van der Waals surface area contributed by atoms with E-state index in [9.17, 15) is 9.59 Å². The van der Waals surface area contributed by atoms with E-state index in [1.54, 1.807) is 0 Å². The zero-order valence-electron chi connectivity index (χ0n) is 12.6. The van der Waals surface area contributed by atoms with E-state index in [2.05, 4.69) is 18.8 Å². The summed E-state index contributed by atoms with van der Waals surface area (Å²) in [6, 6.07) is 2.76. The third-order valence-electron chi connectivity index (χ3n) is 4.15. The molecule has 1 aliphatic rings. The standard InChI is InChI=1S/C16H22N2O3/c1-3-6-16(2)7-4-9-18(11-16)14(19)13-10-12(15(20)21)5-8-17-13/h5,8,10H,3-4,6-7,9,11H2,1-2H3,(H,20,21). The number of carbonyl (C=O) groups is 2. The number of hydrogen-bond acceptors (Lipinski definition) is 3. The van der Waals surface area contributed by atoms with Crippen LogP contribution in [-0.4, -0.2) is 40.0 Å². The number of pyridine rings is 1. The van der Waals surface area contributed by atoms with Gasteiger partial charge in [0.05, 0.1) is 5.56 Å². The van der Waals surface area contributed by atoms with Gasteiger partial charge in [-0.25, -0.2) is 4.79 Å². The number of aromatic nitrogens is 1. The Morgan fingerprint density at radius 2 is 2.24 bits per heavy atom. The van der Waals surface area contributed by atoms with Crippen molar-refractivity contribution in [2.45, 2.75) is 39.5 Å². The molecule has 0 aliphatic carbocycles. The van der Waals surface area contributed by atoms with E-state index < -0.39 is 5.97 Å². The minimum Gasteiger partial charge on any atom is -0.478 e. The number of piperidine rings is 1. The number of nitrogens with zero attached hydrogens (tertiary/aromatic N) is 2. The predicted octanol–water partition coefficient (Wildman–Crippen LogP) is 2.82. The Bertz CT molecular complexity index is 540. The lowest BCUT2D eigenvalue weighted by molar-refractivity contribution is 0.0525.